The second-order valence-electron chi connectivity index (χ2n) is 7.57. The molecule has 0 bridgehead atoms. The fraction of sp³-hybridized carbons (Fsp3) is 0.200. The molecule has 0 saturated carbocycles. The molecule has 0 fully saturated rings. The van der Waals surface area contributed by atoms with Crippen LogP contribution in [0.15, 0.2) is 57.6 Å². The maximum absolute atomic E-state index is 13.3. The highest BCUT2D eigenvalue weighted by Crippen LogP contribution is 2.28. The summed E-state index contributed by atoms with van der Waals surface area (Å²) in [6.07, 6.45) is 1.58. The standard InChI is InChI=1S/C25H23N3O4S/c1-4-32-22(29)12-17-14-33-25(27-17)26-13-20-18-7-5-6-8-19(18)23(30)28(24(20)31)21-10-9-15(2)11-16(21)3/h5-11,13-14,31H,4,12H2,1-3H3. The molecule has 0 aliphatic carbocycles. The van der Waals surface area contributed by atoms with E-state index in [4.69, 9.17) is 4.74 Å². The van der Waals surface area contributed by atoms with E-state index in [1.807, 2.05) is 32.0 Å². The Balaban J connectivity index is 1.80. The van der Waals surface area contributed by atoms with Gasteiger partial charge in [-0.15, -0.1) is 11.3 Å². The van der Waals surface area contributed by atoms with E-state index in [0.717, 1.165) is 11.1 Å². The van der Waals surface area contributed by atoms with Gasteiger partial charge in [-0.05, 0) is 38.5 Å². The number of fused-ring (bicyclic) bond motifs is 1. The molecule has 0 spiro atoms. The van der Waals surface area contributed by atoms with Gasteiger partial charge < -0.3 is 9.84 Å². The Morgan fingerprint density at radius 1 is 1.21 bits per heavy atom. The molecule has 0 atom stereocenters. The summed E-state index contributed by atoms with van der Waals surface area (Å²) in [6.45, 7) is 5.94. The second kappa shape index (κ2) is 9.38. The van der Waals surface area contributed by atoms with Crippen LogP contribution < -0.4 is 5.56 Å². The average Bonchev–Trinajstić information content (AvgIpc) is 3.22. The number of hydrogen-bond donors (Lipinski definition) is 1. The predicted molar refractivity (Wildman–Crippen MR) is 130 cm³/mol. The van der Waals surface area contributed by atoms with Gasteiger partial charge in [-0.25, -0.2) is 14.5 Å². The van der Waals surface area contributed by atoms with E-state index in [9.17, 15) is 14.7 Å². The Labute approximate surface area is 194 Å². The van der Waals surface area contributed by atoms with Crippen LogP contribution in [0.5, 0.6) is 5.88 Å². The van der Waals surface area contributed by atoms with E-state index in [2.05, 4.69) is 9.98 Å². The molecule has 4 aromatic rings. The van der Waals surface area contributed by atoms with Crippen molar-refractivity contribution in [2.45, 2.75) is 27.2 Å². The van der Waals surface area contributed by atoms with E-state index in [0.29, 0.717) is 39.5 Å². The number of aliphatic imine (C=N–C) groups is 1. The van der Waals surface area contributed by atoms with Crippen molar-refractivity contribution in [3.8, 4) is 11.6 Å². The van der Waals surface area contributed by atoms with Gasteiger partial charge in [-0.2, -0.15) is 0 Å². The Morgan fingerprint density at radius 3 is 2.70 bits per heavy atom. The van der Waals surface area contributed by atoms with Crippen LogP contribution in [0.2, 0.25) is 0 Å². The first kappa shape index (κ1) is 22.4. The molecule has 168 valence electrons. The van der Waals surface area contributed by atoms with Gasteiger partial charge in [0, 0.05) is 22.4 Å². The highest BCUT2D eigenvalue weighted by Gasteiger charge is 2.17. The number of ether oxygens (including phenoxy) is 1. The molecule has 0 saturated heterocycles. The molecule has 4 rings (SSSR count). The van der Waals surface area contributed by atoms with Crippen LogP contribution in [0.1, 0.15) is 29.3 Å². The quantitative estimate of drug-likeness (QED) is 0.334. The minimum atomic E-state index is -0.345. The lowest BCUT2D eigenvalue weighted by atomic mass is 10.1. The number of nitrogens with zero attached hydrogens (tertiary/aromatic N) is 3. The van der Waals surface area contributed by atoms with E-state index in [-0.39, 0.29) is 23.8 Å². The smallest absolute Gasteiger partial charge is 0.311 e. The van der Waals surface area contributed by atoms with E-state index in [1.54, 1.807) is 36.6 Å². The molecule has 1 N–H and O–H groups in total. The number of pyridine rings is 1. The highest BCUT2D eigenvalue weighted by molar-refractivity contribution is 7.13. The predicted octanol–water partition coefficient (Wildman–Crippen LogP) is 4.63. The van der Waals surface area contributed by atoms with Gasteiger partial charge in [-0.1, -0.05) is 35.9 Å². The Hall–Kier alpha value is -3.78. The van der Waals surface area contributed by atoms with Crippen LogP contribution in [0.4, 0.5) is 5.13 Å². The van der Waals surface area contributed by atoms with Crippen molar-refractivity contribution in [2.75, 3.05) is 6.61 Å². The molecular weight excluding hydrogens is 438 g/mol. The summed E-state index contributed by atoms with van der Waals surface area (Å²) in [5, 5.41) is 14.4. The first-order valence-corrected chi connectivity index (χ1v) is 11.4. The van der Waals surface area contributed by atoms with Gasteiger partial charge in [0.1, 0.15) is 0 Å². The molecule has 7 nitrogen and oxygen atoms in total. The van der Waals surface area contributed by atoms with Crippen molar-refractivity contribution in [1.82, 2.24) is 9.55 Å². The number of rotatable bonds is 6. The molecule has 2 aromatic heterocycles. The first-order valence-electron chi connectivity index (χ1n) is 10.5. The molecule has 0 aliphatic heterocycles. The molecular formula is C25H23N3O4S. The maximum Gasteiger partial charge on any atom is 0.311 e. The van der Waals surface area contributed by atoms with Crippen LogP contribution in [0.25, 0.3) is 16.5 Å². The van der Waals surface area contributed by atoms with E-state index in [1.165, 1.54) is 22.1 Å². The lowest BCUT2D eigenvalue weighted by molar-refractivity contribution is -0.142. The van der Waals surface area contributed by atoms with Gasteiger partial charge in [0.15, 0.2) is 0 Å². The van der Waals surface area contributed by atoms with Crippen molar-refractivity contribution in [1.29, 1.82) is 0 Å². The Kier molecular flexibility index (Phi) is 6.37. The third-order valence-electron chi connectivity index (χ3n) is 5.17. The lowest BCUT2D eigenvalue weighted by Gasteiger charge is -2.15. The number of aromatic nitrogens is 2. The SMILES string of the molecule is CCOC(=O)Cc1csc(N=Cc2c(O)n(-c3ccc(C)cc3C)c(=O)c3ccccc23)n1. The summed E-state index contributed by atoms with van der Waals surface area (Å²) < 4.78 is 6.27. The van der Waals surface area contributed by atoms with Crippen LogP contribution in [-0.4, -0.2) is 33.4 Å². The van der Waals surface area contributed by atoms with Gasteiger partial charge in [0.25, 0.3) is 5.56 Å². The van der Waals surface area contributed by atoms with Crippen molar-refractivity contribution >= 4 is 39.4 Å². The second-order valence-corrected chi connectivity index (χ2v) is 8.41. The van der Waals surface area contributed by atoms with Crippen LogP contribution >= 0.6 is 11.3 Å². The third kappa shape index (κ3) is 4.56. The third-order valence-corrected chi connectivity index (χ3v) is 5.97. The first-order chi connectivity index (χ1) is 15.9. The topological polar surface area (TPSA) is 93.8 Å². The zero-order valence-electron chi connectivity index (χ0n) is 18.5. The largest absolute Gasteiger partial charge is 0.494 e. The van der Waals surface area contributed by atoms with Crippen LogP contribution in [0.3, 0.4) is 0 Å². The summed E-state index contributed by atoms with van der Waals surface area (Å²) in [7, 11) is 0. The van der Waals surface area contributed by atoms with Crippen molar-refractivity contribution in [3.63, 3.8) is 0 Å². The summed E-state index contributed by atoms with van der Waals surface area (Å²) in [5.41, 5.74) is 3.21. The average molecular weight is 462 g/mol. The van der Waals surface area contributed by atoms with Crippen molar-refractivity contribution in [3.05, 3.63) is 80.6 Å². The lowest BCUT2D eigenvalue weighted by Crippen LogP contribution is -2.21. The number of carbonyl (C=O) groups is 1. The molecule has 0 radical (unpaired) electrons. The molecule has 33 heavy (non-hydrogen) atoms. The van der Waals surface area contributed by atoms with E-state index >= 15 is 0 Å². The van der Waals surface area contributed by atoms with E-state index < -0.39 is 0 Å². The summed E-state index contributed by atoms with van der Waals surface area (Å²) in [6, 6.07) is 12.8. The zero-order chi connectivity index (χ0) is 23.5. The van der Waals surface area contributed by atoms with Crippen LogP contribution in [-0.2, 0) is 16.0 Å². The van der Waals surface area contributed by atoms with Crippen LogP contribution in [0, 0.1) is 13.8 Å². The number of benzene rings is 2. The summed E-state index contributed by atoms with van der Waals surface area (Å²) in [5.74, 6) is -0.541. The van der Waals surface area contributed by atoms with Gasteiger partial charge in [0.05, 0.1) is 30.0 Å². The van der Waals surface area contributed by atoms with Gasteiger partial charge in [-0.3, -0.25) is 9.59 Å². The monoisotopic (exact) mass is 461 g/mol. The Bertz CT molecular complexity index is 1440. The Morgan fingerprint density at radius 2 is 1.97 bits per heavy atom. The van der Waals surface area contributed by atoms with Crippen molar-refractivity contribution < 1.29 is 14.6 Å². The molecule has 0 aliphatic rings. The number of hydrogen-bond acceptors (Lipinski definition) is 7. The zero-order valence-corrected chi connectivity index (χ0v) is 19.3. The number of thiazole rings is 1. The minimum Gasteiger partial charge on any atom is -0.494 e. The summed E-state index contributed by atoms with van der Waals surface area (Å²) in [4.78, 5) is 33.7. The number of esters is 1. The number of carbonyl (C=O) groups excluding carboxylic acids is 1. The molecule has 0 amide bonds. The highest BCUT2D eigenvalue weighted by atomic mass is 32.1. The maximum atomic E-state index is 13.3. The van der Waals surface area contributed by atoms with Gasteiger partial charge in [0.2, 0.25) is 11.0 Å². The minimum absolute atomic E-state index is 0.0750. The molecule has 8 heteroatoms. The van der Waals surface area contributed by atoms with Gasteiger partial charge >= 0.3 is 5.97 Å². The summed E-state index contributed by atoms with van der Waals surface area (Å²) >= 11 is 1.28. The fourth-order valence-electron chi connectivity index (χ4n) is 3.69. The number of aromatic hydroxyl groups is 1. The molecule has 0 unspecified atom stereocenters. The fourth-order valence-corrected chi connectivity index (χ4v) is 4.35. The number of aryl methyl sites for hydroxylation is 2. The molecule has 2 heterocycles. The van der Waals surface area contributed by atoms with Crippen molar-refractivity contribution in [2.24, 2.45) is 4.99 Å². The molecule has 2 aromatic carbocycles. The normalized spacial score (nSPS) is 11.4.